The van der Waals surface area contributed by atoms with Crippen LogP contribution in [0.15, 0.2) is 0 Å². The first-order chi connectivity index (χ1) is 18.9. The minimum atomic E-state index is -0.984. The Morgan fingerprint density at radius 2 is 1.66 bits per heavy atom. The molecule has 0 saturated carbocycles. The molecule has 0 aliphatic carbocycles. The van der Waals surface area contributed by atoms with Crippen LogP contribution in [0.1, 0.15) is 74.1 Å². The highest BCUT2D eigenvalue weighted by molar-refractivity contribution is 6.02. The van der Waals surface area contributed by atoms with Gasteiger partial charge in [0.1, 0.15) is 18.6 Å². The van der Waals surface area contributed by atoms with Gasteiger partial charge in [0.2, 0.25) is 17.7 Å². The summed E-state index contributed by atoms with van der Waals surface area (Å²) in [5.74, 6) is 1.07. The molecule has 4 atom stereocenters. The first-order valence-corrected chi connectivity index (χ1v) is 14.1. The molecular weight excluding hydrogens is 528 g/mol. The summed E-state index contributed by atoms with van der Waals surface area (Å²) < 4.78 is 0. The molecule has 41 heavy (non-hydrogen) atoms. The number of hydrogen-bond acceptors (Lipinski definition) is 6. The smallest absolute Gasteiger partial charge is 0.327 e. The number of likely N-dealkylation sites (N-methyl/N-ethyl adjacent to an activating group) is 1. The lowest BCUT2D eigenvalue weighted by Gasteiger charge is -2.37. The molecule has 12 heteroatoms. The molecule has 0 aromatic rings. The van der Waals surface area contributed by atoms with E-state index in [1.54, 1.807) is 0 Å². The Balaban J connectivity index is 2.18. The molecule has 3 N–H and O–H groups in total. The van der Waals surface area contributed by atoms with Crippen LogP contribution in [-0.2, 0) is 19.2 Å². The maximum Gasteiger partial charge on any atom is 0.327 e. The first-order valence-electron chi connectivity index (χ1n) is 14.1. The number of imide groups is 1. The summed E-state index contributed by atoms with van der Waals surface area (Å²) in [7, 11) is 1.54. The van der Waals surface area contributed by atoms with Gasteiger partial charge >= 0.3 is 12.1 Å². The van der Waals surface area contributed by atoms with Crippen molar-refractivity contribution in [3.05, 3.63) is 0 Å². The normalized spacial score (nSPS) is 19.9. The minimum Gasteiger partial charge on any atom is -0.344 e. The molecule has 2 saturated heterocycles. The van der Waals surface area contributed by atoms with Gasteiger partial charge in [0.05, 0.1) is 18.6 Å². The number of nitrogens with zero attached hydrogens (tertiary/aromatic N) is 3. The topological polar surface area (TPSA) is 148 Å². The number of Topliss-reactive ketones (excluding diaryl/α,β-unsaturated/α-hetero) is 1. The maximum absolute atomic E-state index is 13.8. The SMILES string of the molecule is C#CCCC(NC(=O)C1CCCN1C(=O)C(NC(=O)NC(CN1C(=O)CN(C)C1=O)C(C)(C)C)C(C)(C)C)C(C)=O. The van der Waals surface area contributed by atoms with Gasteiger partial charge in [-0.15, -0.1) is 12.3 Å². The molecule has 0 radical (unpaired) electrons. The second-order valence-corrected chi connectivity index (χ2v) is 13.1. The van der Waals surface area contributed by atoms with Crippen LogP contribution in [-0.4, -0.2) is 101 Å². The van der Waals surface area contributed by atoms with Gasteiger partial charge in [-0.1, -0.05) is 41.5 Å². The van der Waals surface area contributed by atoms with Crippen molar-refractivity contribution in [3.8, 4) is 12.3 Å². The van der Waals surface area contributed by atoms with Crippen LogP contribution in [0, 0.1) is 23.2 Å². The van der Waals surface area contributed by atoms with Gasteiger partial charge < -0.3 is 25.8 Å². The van der Waals surface area contributed by atoms with E-state index in [2.05, 4.69) is 21.9 Å². The van der Waals surface area contributed by atoms with Crippen LogP contribution in [0.5, 0.6) is 0 Å². The van der Waals surface area contributed by atoms with Crippen molar-refractivity contribution in [1.82, 2.24) is 30.7 Å². The van der Waals surface area contributed by atoms with E-state index in [4.69, 9.17) is 6.42 Å². The third-order valence-electron chi connectivity index (χ3n) is 7.56. The second kappa shape index (κ2) is 13.4. The van der Waals surface area contributed by atoms with E-state index in [-0.39, 0.29) is 24.8 Å². The molecule has 0 bridgehead atoms. The zero-order chi connectivity index (χ0) is 31.3. The van der Waals surface area contributed by atoms with Gasteiger partial charge in [-0.05, 0) is 37.0 Å². The molecule has 12 nitrogen and oxygen atoms in total. The zero-order valence-corrected chi connectivity index (χ0v) is 25.6. The number of nitrogens with one attached hydrogen (secondary N) is 3. The molecule has 0 aromatic heterocycles. The maximum atomic E-state index is 13.8. The number of hydrogen-bond donors (Lipinski definition) is 3. The lowest BCUT2D eigenvalue weighted by Crippen LogP contribution is -2.61. The Labute approximate surface area is 243 Å². The molecule has 0 spiro atoms. The van der Waals surface area contributed by atoms with Crippen molar-refractivity contribution in [2.24, 2.45) is 10.8 Å². The average Bonchev–Trinajstić information content (AvgIpc) is 3.43. The third kappa shape index (κ3) is 8.68. The van der Waals surface area contributed by atoms with Gasteiger partial charge in [0.15, 0.2) is 5.78 Å². The summed E-state index contributed by atoms with van der Waals surface area (Å²) in [6.07, 6.45) is 6.98. The number of rotatable bonds is 10. The Morgan fingerprint density at radius 1 is 1.02 bits per heavy atom. The van der Waals surface area contributed by atoms with E-state index >= 15 is 0 Å². The van der Waals surface area contributed by atoms with Crippen molar-refractivity contribution in [2.45, 2.75) is 98.3 Å². The third-order valence-corrected chi connectivity index (χ3v) is 7.56. The summed E-state index contributed by atoms with van der Waals surface area (Å²) in [6.45, 7) is 12.7. The van der Waals surface area contributed by atoms with Crippen molar-refractivity contribution < 1.29 is 28.8 Å². The van der Waals surface area contributed by atoms with Crippen LogP contribution in [0.25, 0.3) is 0 Å². The summed E-state index contributed by atoms with van der Waals surface area (Å²) in [4.78, 5) is 81.0. The van der Waals surface area contributed by atoms with Crippen LogP contribution < -0.4 is 16.0 Å². The van der Waals surface area contributed by atoms with Crippen LogP contribution in [0.2, 0.25) is 0 Å². The van der Waals surface area contributed by atoms with E-state index in [9.17, 15) is 28.8 Å². The second-order valence-electron chi connectivity index (χ2n) is 13.1. The predicted octanol–water partition coefficient (Wildman–Crippen LogP) is 1.49. The lowest BCUT2D eigenvalue weighted by atomic mass is 9.85. The first kappa shape index (κ1) is 33.6. The van der Waals surface area contributed by atoms with Gasteiger partial charge in [-0.2, -0.15) is 0 Å². The standard InChI is InChI=1S/C29H46N6O6/c1-10-11-13-19(18(2)36)30-24(38)20-14-12-15-34(20)25(39)23(29(6,7)8)32-26(40)31-21(28(3,4)5)16-35-22(37)17-33(9)27(35)41/h1,19-21,23H,11-17H2,2-9H3,(H,30,38)(H2,31,32,40). The van der Waals surface area contributed by atoms with Gasteiger partial charge in [0, 0.05) is 20.0 Å². The van der Waals surface area contributed by atoms with Gasteiger partial charge in [-0.25, -0.2) is 9.59 Å². The molecule has 7 amide bonds. The summed E-state index contributed by atoms with van der Waals surface area (Å²) >= 11 is 0. The monoisotopic (exact) mass is 574 g/mol. The van der Waals surface area contributed by atoms with Crippen molar-refractivity contribution in [3.63, 3.8) is 0 Å². The minimum absolute atomic E-state index is 0.0155. The molecule has 2 rings (SSSR count). The van der Waals surface area contributed by atoms with E-state index < -0.39 is 58.9 Å². The Bertz CT molecular complexity index is 1080. The highest BCUT2D eigenvalue weighted by Gasteiger charge is 2.43. The van der Waals surface area contributed by atoms with E-state index in [1.807, 2.05) is 41.5 Å². The molecule has 4 unspecified atom stereocenters. The molecule has 2 aliphatic heterocycles. The van der Waals surface area contributed by atoms with Crippen LogP contribution >= 0.6 is 0 Å². The average molecular weight is 575 g/mol. The van der Waals surface area contributed by atoms with E-state index in [0.717, 1.165) is 4.90 Å². The lowest BCUT2D eigenvalue weighted by molar-refractivity contribution is -0.142. The molecule has 228 valence electrons. The number of urea groups is 2. The van der Waals surface area contributed by atoms with E-state index in [0.29, 0.717) is 32.2 Å². The Kier molecular flexibility index (Phi) is 10.9. The zero-order valence-electron chi connectivity index (χ0n) is 25.6. The van der Waals surface area contributed by atoms with Gasteiger partial charge in [0.25, 0.3) is 0 Å². The number of amides is 7. The van der Waals surface area contributed by atoms with E-state index in [1.165, 1.54) is 23.8 Å². The fraction of sp³-hybridized carbons (Fsp3) is 0.724. The Hall–Kier alpha value is -3.62. The van der Waals surface area contributed by atoms with Gasteiger partial charge in [-0.3, -0.25) is 24.1 Å². The predicted molar refractivity (Wildman–Crippen MR) is 153 cm³/mol. The molecule has 2 aliphatic rings. The highest BCUT2D eigenvalue weighted by Crippen LogP contribution is 2.27. The van der Waals surface area contributed by atoms with Crippen molar-refractivity contribution in [2.75, 3.05) is 26.7 Å². The molecule has 2 heterocycles. The molecule has 0 aromatic carbocycles. The van der Waals surface area contributed by atoms with Crippen molar-refractivity contribution >= 4 is 35.6 Å². The highest BCUT2D eigenvalue weighted by atomic mass is 16.2. The molecular formula is C29H46N6O6. The Morgan fingerprint density at radius 3 is 2.15 bits per heavy atom. The van der Waals surface area contributed by atoms with Crippen LogP contribution in [0.4, 0.5) is 9.59 Å². The number of ketones is 1. The fourth-order valence-corrected chi connectivity index (χ4v) is 4.89. The summed E-state index contributed by atoms with van der Waals surface area (Å²) in [5, 5.41) is 8.40. The number of carbonyl (C=O) groups excluding carboxylic acids is 6. The largest absolute Gasteiger partial charge is 0.344 e. The fourth-order valence-electron chi connectivity index (χ4n) is 4.89. The summed E-state index contributed by atoms with van der Waals surface area (Å²) in [6, 6.07) is -4.16. The number of carbonyl (C=O) groups is 6. The number of likely N-dealkylation sites (tertiary alicyclic amines) is 1. The molecule has 2 fully saturated rings. The van der Waals surface area contributed by atoms with Crippen LogP contribution in [0.3, 0.4) is 0 Å². The number of terminal acetylenes is 1. The van der Waals surface area contributed by atoms with Crippen molar-refractivity contribution in [1.29, 1.82) is 0 Å². The summed E-state index contributed by atoms with van der Waals surface area (Å²) in [5.41, 5.74) is -1.24. The quantitative estimate of drug-likeness (QED) is 0.266.